The van der Waals surface area contributed by atoms with Crippen molar-refractivity contribution >= 4 is 17.9 Å². The van der Waals surface area contributed by atoms with Crippen molar-refractivity contribution in [3.8, 4) is 5.75 Å². The SMILES string of the molecule is CC(Oc1ccc(C=O)c([N+](=O)[O-])c1)C(=O)NCc1ccccc1. The van der Waals surface area contributed by atoms with Gasteiger partial charge in [0.15, 0.2) is 12.4 Å². The number of rotatable bonds is 7. The Morgan fingerprint density at radius 1 is 1.29 bits per heavy atom. The molecule has 0 radical (unpaired) electrons. The largest absolute Gasteiger partial charge is 0.481 e. The maximum Gasteiger partial charge on any atom is 0.283 e. The van der Waals surface area contributed by atoms with E-state index in [0.29, 0.717) is 12.8 Å². The first kappa shape index (κ1) is 17.1. The number of benzene rings is 2. The van der Waals surface area contributed by atoms with Gasteiger partial charge in [0, 0.05) is 6.54 Å². The molecular formula is C17H16N2O5. The van der Waals surface area contributed by atoms with E-state index >= 15 is 0 Å². The van der Waals surface area contributed by atoms with Crippen LogP contribution in [0.2, 0.25) is 0 Å². The highest BCUT2D eigenvalue weighted by molar-refractivity contribution is 5.82. The number of nitrogens with zero attached hydrogens (tertiary/aromatic N) is 1. The van der Waals surface area contributed by atoms with Gasteiger partial charge >= 0.3 is 0 Å². The minimum Gasteiger partial charge on any atom is -0.481 e. The van der Waals surface area contributed by atoms with Crippen LogP contribution in [0.15, 0.2) is 48.5 Å². The molecule has 1 amide bonds. The number of nitro groups is 1. The highest BCUT2D eigenvalue weighted by atomic mass is 16.6. The van der Waals surface area contributed by atoms with Gasteiger partial charge in [0.2, 0.25) is 0 Å². The standard InChI is InChI=1S/C17H16N2O5/c1-12(17(21)18-10-13-5-3-2-4-6-13)24-15-8-7-14(11-20)16(9-15)19(22)23/h2-9,11-12H,10H2,1H3,(H,18,21). The fourth-order valence-corrected chi connectivity index (χ4v) is 2.04. The summed E-state index contributed by atoms with van der Waals surface area (Å²) in [6.07, 6.45) is -0.437. The summed E-state index contributed by atoms with van der Waals surface area (Å²) in [6.45, 7) is 1.90. The third-order valence-corrected chi connectivity index (χ3v) is 3.32. The second kappa shape index (κ2) is 7.87. The number of hydrogen-bond donors (Lipinski definition) is 1. The van der Waals surface area contributed by atoms with Crippen LogP contribution in [0.4, 0.5) is 5.69 Å². The Labute approximate surface area is 138 Å². The highest BCUT2D eigenvalue weighted by Gasteiger charge is 2.18. The maximum atomic E-state index is 12.0. The maximum absolute atomic E-state index is 12.0. The predicted octanol–water partition coefficient (Wildman–Crippen LogP) is 2.49. The number of carbonyl (C=O) groups excluding carboxylic acids is 2. The fraction of sp³-hybridized carbons (Fsp3) is 0.176. The summed E-state index contributed by atoms with van der Waals surface area (Å²) in [5.41, 5.74) is 0.539. The molecule has 0 saturated heterocycles. The molecule has 0 aliphatic carbocycles. The molecule has 0 aliphatic heterocycles. The number of carbonyl (C=O) groups is 2. The fourth-order valence-electron chi connectivity index (χ4n) is 2.04. The van der Waals surface area contributed by atoms with E-state index in [0.717, 1.165) is 11.6 Å². The lowest BCUT2D eigenvalue weighted by Gasteiger charge is -2.15. The monoisotopic (exact) mass is 328 g/mol. The van der Waals surface area contributed by atoms with Crippen molar-refractivity contribution in [1.82, 2.24) is 5.32 Å². The number of hydrogen-bond acceptors (Lipinski definition) is 5. The molecule has 0 heterocycles. The van der Waals surface area contributed by atoms with Crippen LogP contribution in [-0.4, -0.2) is 23.2 Å². The molecule has 2 aromatic rings. The Kier molecular flexibility index (Phi) is 5.62. The van der Waals surface area contributed by atoms with Gasteiger partial charge in [0.05, 0.1) is 16.6 Å². The van der Waals surface area contributed by atoms with Gasteiger partial charge in [0.1, 0.15) is 5.75 Å². The molecule has 2 rings (SSSR count). The zero-order chi connectivity index (χ0) is 17.5. The van der Waals surface area contributed by atoms with E-state index in [1.165, 1.54) is 12.1 Å². The van der Waals surface area contributed by atoms with E-state index < -0.39 is 11.0 Å². The van der Waals surface area contributed by atoms with Crippen LogP contribution in [0.3, 0.4) is 0 Å². The topological polar surface area (TPSA) is 98.5 Å². The molecule has 0 saturated carbocycles. The molecule has 1 unspecified atom stereocenters. The molecule has 24 heavy (non-hydrogen) atoms. The third-order valence-electron chi connectivity index (χ3n) is 3.32. The molecule has 0 bridgehead atoms. The van der Waals surface area contributed by atoms with Crippen molar-refractivity contribution in [1.29, 1.82) is 0 Å². The highest BCUT2D eigenvalue weighted by Crippen LogP contribution is 2.24. The molecule has 0 fully saturated rings. The Hall–Kier alpha value is -3.22. The lowest BCUT2D eigenvalue weighted by molar-refractivity contribution is -0.385. The first-order chi connectivity index (χ1) is 11.5. The minimum absolute atomic E-state index is 0.0477. The molecule has 7 nitrogen and oxygen atoms in total. The van der Waals surface area contributed by atoms with Crippen LogP contribution in [0, 0.1) is 10.1 Å². The molecule has 1 atom stereocenters. The quantitative estimate of drug-likeness (QED) is 0.478. The Balaban J connectivity index is 1.99. The van der Waals surface area contributed by atoms with Crippen molar-refractivity contribution in [3.63, 3.8) is 0 Å². The number of amides is 1. The summed E-state index contributed by atoms with van der Waals surface area (Å²) in [5, 5.41) is 13.6. The summed E-state index contributed by atoms with van der Waals surface area (Å²) in [5.74, 6) is -0.198. The van der Waals surface area contributed by atoms with Crippen molar-refractivity contribution < 1.29 is 19.2 Å². The van der Waals surface area contributed by atoms with Gasteiger partial charge in [-0.25, -0.2) is 0 Å². The lowest BCUT2D eigenvalue weighted by Crippen LogP contribution is -2.35. The second-order valence-electron chi connectivity index (χ2n) is 5.06. The molecule has 124 valence electrons. The van der Waals surface area contributed by atoms with Crippen LogP contribution in [0.5, 0.6) is 5.75 Å². The number of aldehydes is 1. The van der Waals surface area contributed by atoms with Crippen LogP contribution in [-0.2, 0) is 11.3 Å². The van der Waals surface area contributed by atoms with Crippen molar-refractivity contribution in [2.45, 2.75) is 19.6 Å². The smallest absolute Gasteiger partial charge is 0.283 e. The Bertz CT molecular complexity index is 746. The van der Waals surface area contributed by atoms with Crippen LogP contribution >= 0.6 is 0 Å². The zero-order valence-electron chi connectivity index (χ0n) is 13.0. The summed E-state index contributed by atoms with van der Waals surface area (Å²) in [4.78, 5) is 33.1. The van der Waals surface area contributed by atoms with Crippen molar-refractivity contribution in [2.24, 2.45) is 0 Å². The van der Waals surface area contributed by atoms with Crippen molar-refractivity contribution in [3.05, 3.63) is 69.8 Å². The Morgan fingerprint density at radius 2 is 2.00 bits per heavy atom. The first-order valence-corrected chi connectivity index (χ1v) is 7.23. The average molecular weight is 328 g/mol. The average Bonchev–Trinajstić information content (AvgIpc) is 2.60. The van der Waals surface area contributed by atoms with Crippen LogP contribution in [0.25, 0.3) is 0 Å². The first-order valence-electron chi connectivity index (χ1n) is 7.23. The van der Waals surface area contributed by atoms with Crippen LogP contribution in [0.1, 0.15) is 22.8 Å². The van der Waals surface area contributed by atoms with Crippen LogP contribution < -0.4 is 10.1 Å². The number of nitrogens with one attached hydrogen (secondary N) is 1. The van der Waals surface area contributed by atoms with E-state index in [2.05, 4.69) is 5.32 Å². The normalized spacial score (nSPS) is 11.4. The lowest BCUT2D eigenvalue weighted by atomic mass is 10.2. The summed E-state index contributed by atoms with van der Waals surface area (Å²) in [6, 6.07) is 13.2. The minimum atomic E-state index is -0.838. The number of nitro benzene ring substituents is 1. The van der Waals surface area contributed by atoms with Gasteiger partial charge in [-0.2, -0.15) is 0 Å². The third kappa shape index (κ3) is 4.39. The van der Waals surface area contributed by atoms with E-state index in [1.54, 1.807) is 6.92 Å². The second-order valence-corrected chi connectivity index (χ2v) is 5.06. The number of ether oxygens (including phenoxy) is 1. The van der Waals surface area contributed by atoms with Crippen molar-refractivity contribution in [2.75, 3.05) is 0 Å². The molecule has 2 aromatic carbocycles. The molecule has 1 N–H and O–H groups in total. The van der Waals surface area contributed by atoms with Gasteiger partial charge in [-0.1, -0.05) is 30.3 Å². The molecular weight excluding hydrogens is 312 g/mol. The zero-order valence-corrected chi connectivity index (χ0v) is 13.0. The Morgan fingerprint density at radius 3 is 2.62 bits per heavy atom. The van der Waals surface area contributed by atoms with Gasteiger partial charge < -0.3 is 10.1 Å². The van der Waals surface area contributed by atoms with E-state index in [4.69, 9.17) is 4.74 Å². The van der Waals surface area contributed by atoms with Gasteiger partial charge in [-0.05, 0) is 24.6 Å². The summed E-state index contributed by atoms with van der Waals surface area (Å²) < 4.78 is 5.42. The van der Waals surface area contributed by atoms with Gasteiger partial charge in [-0.15, -0.1) is 0 Å². The predicted molar refractivity (Wildman–Crippen MR) is 86.9 cm³/mol. The molecule has 7 heteroatoms. The van der Waals surface area contributed by atoms with E-state index in [-0.39, 0.29) is 22.9 Å². The summed E-state index contributed by atoms with van der Waals surface area (Å²) >= 11 is 0. The summed E-state index contributed by atoms with van der Waals surface area (Å²) in [7, 11) is 0. The van der Waals surface area contributed by atoms with E-state index in [1.807, 2.05) is 30.3 Å². The molecule has 0 spiro atoms. The van der Waals surface area contributed by atoms with Gasteiger partial charge in [-0.3, -0.25) is 19.7 Å². The molecule has 0 aliphatic rings. The van der Waals surface area contributed by atoms with E-state index in [9.17, 15) is 19.7 Å². The molecule has 0 aromatic heterocycles. The van der Waals surface area contributed by atoms with Gasteiger partial charge in [0.25, 0.3) is 11.6 Å².